The highest BCUT2D eigenvalue weighted by molar-refractivity contribution is 5.42. The third-order valence-corrected chi connectivity index (χ3v) is 2.82. The van der Waals surface area contributed by atoms with Crippen LogP contribution in [0.4, 0.5) is 5.69 Å². The van der Waals surface area contributed by atoms with Crippen LogP contribution in [0.1, 0.15) is 18.6 Å². The third kappa shape index (κ3) is 4.37. The Bertz CT molecular complexity index is 484. The first-order valence-electron chi connectivity index (χ1n) is 6.41. The van der Waals surface area contributed by atoms with Crippen molar-refractivity contribution < 1.29 is 9.26 Å². The number of methoxy groups -OCH3 is 1. The van der Waals surface area contributed by atoms with Gasteiger partial charge in [-0.05, 0) is 19.1 Å². The smallest absolute Gasteiger partial charge is 0.228 e. The molecule has 0 radical (unpaired) electrons. The van der Waals surface area contributed by atoms with E-state index in [0.717, 1.165) is 12.2 Å². The van der Waals surface area contributed by atoms with Gasteiger partial charge in [-0.15, -0.1) is 0 Å². The summed E-state index contributed by atoms with van der Waals surface area (Å²) in [4.78, 5) is 4.33. The largest absolute Gasteiger partial charge is 0.385 e. The zero-order chi connectivity index (χ0) is 13.5. The first kappa shape index (κ1) is 13.5. The highest BCUT2D eigenvalue weighted by atomic mass is 16.5. The standard InChI is InChI=1S/C14H19N3O2/c1-11(18-2)10-13-16-14(19-17-13)8-9-15-12-6-4-3-5-7-12/h3-7,11,15H,8-10H2,1-2H3. The number of ether oxygens (including phenoxy) is 1. The molecule has 102 valence electrons. The predicted octanol–water partition coefficient (Wildman–Crippen LogP) is 2.30. The van der Waals surface area contributed by atoms with Crippen LogP contribution in [0.3, 0.4) is 0 Å². The van der Waals surface area contributed by atoms with Crippen LogP contribution >= 0.6 is 0 Å². The Morgan fingerprint density at radius 3 is 2.84 bits per heavy atom. The summed E-state index contributed by atoms with van der Waals surface area (Å²) in [5.41, 5.74) is 1.09. The summed E-state index contributed by atoms with van der Waals surface area (Å²) in [6.45, 7) is 2.75. The van der Waals surface area contributed by atoms with Crippen molar-refractivity contribution in [1.29, 1.82) is 0 Å². The molecule has 5 heteroatoms. The minimum Gasteiger partial charge on any atom is -0.385 e. The second kappa shape index (κ2) is 6.89. The lowest BCUT2D eigenvalue weighted by Gasteiger charge is -2.04. The van der Waals surface area contributed by atoms with Crippen molar-refractivity contribution in [2.45, 2.75) is 25.9 Å². The van der Waals surface area contributed by atoms with Gasteiger partial charge in [0.05, 0.1) is 6.10 Å². The van der Waals surface area contributed by atoms with Crippen molar-refractivity contribution in [2.75, 3.05) is 19.0 Å². The minimum absolute atomic E-state index is 0.105. The fourth-order valence-electron chi connectivity index (χ4n) is 1.68. The van der Waals surface area contributed by atoms with Gasteiger partial charge in [-0.25, -0.2) is 0 Å². The summed E-state index contributed by atoms with van der Waals surface area (Å²) >= 11 is 0. The normalized spacial score (nSPS) is 12.3. The molecule has 1 atom stereocenters. The van der Waals surface area contributed by atoms with Crippen LogP contribution in [-0.4, -0.2) is 29.9 Å². The predicted molar refractivity (Wildman–Crippen MR) is 73.1 cm³/mol. The summed E-state index contributed by atoms with van der Waals surface area (Å²) in [5.74, 6) is 1.35. The van der Waals surface area contributed by atoms with Crippen LogP contribution in [-0.2, 0) is 17.6 Å². The number of anilines is 1. The van der Waals surface area contributed by atoms with Gasteiger partial charge in [-0.1, -0.05) is 23.4 Å². The van der Waals surface area contributed by atoms with E-state index in [1.54, 1.807) is 7.11 Å². The van der Waals surface area contributed by atoms with Gasteiger partial charge in [-0.3, -0.25) is 0 Å². The van der Waals surface area contributed by atoms with Gasteiger partial charge in [0.25, 0.3) is 0 Å². The van der Waals surface area contributed by atoms with E-state index in [-0.39, 0.29) is 6.10 Å². The Kier molecular flexibility index (Phi) is 4.92. The molecule has 0 amide bonds. The first-order valence-corrected chi connectivity index (χ1v) is 6.41. The van der Waals surface area contributed by atoms with Gasteiger partial charge in [0, 0.05) is 32.2 Å². The quantitative estimate of drug-likeness (QED) is 0.828. The lowest BCUT2D eigenvalue weighted by Crippen LogP contribution is -2.10. The van der Waals surface area contributed by atoms with Crippen molar-refractivity contribution in [3.05, 3.63) is 42.0 Å². The molecule has 0 fully saturated rings. The molecule has 0 bridgehead atoms. The molecule has 1 unspecified atom stereocenters. The Balaban J connectivity index is 1.77. The van der Waals surface area contributed by atoms with Crippen LogP contribution in [0.15, 0.2) is 34.9 Å². The van der Waals surface area contributed by atoms with Crippen molar-refractivity contribution in [1.82, 2.24) is 10.1 Å². The molecule has 0 saturated heterocycles. The molecular weight excluding hydrogens is 242 g/mol. The van der Waals surface area contributed by atoms with Crippen LogP contribution in [0.25, 0.3) is 0 Å². The van der Waals surface area contributed by atoms with Crippen molar-refractivity contribution in [2.24, 2.45) is 0 Å². The SMILES string of the molecule is COC(C)Cc1noc(CCNc2ccccc2)n1. The van der Waals surface area contributed by atoms with E-state index in [2.05, 4.69) is 15.5 Å². The molecule has 1 heterocycles. The van der Waals surface area contributed by atoms with E-state index < -0.39 is 0 Å². The monoisotopic (exact) mass is 261 g/mol. The fourth-order valence-corrected chi connectivity index (χ4v) is 1.68. The average Bonchev–Trinajstić information content (AvgIpc) is 2.87. The Morgan fingerprint density at radius 2 is 2.11 bits per heavy atom. The molecule has 2 aromatic rings. The van der Waals surface area contributed by atoms with Crippen molar-refractivity contribution in [3.8, 4) is 0 Å². The van der Waals surface area contributed by atoms with Crippen LogP contribution in [0.5, 0.6) is 0 Å². The second-order valence-corrected chi connectivity index (χ2v) is 4.40. The number of hydrogen-bond acceptors (Lipinski definition) is 5. The Morgan fingerprint density at radius 1 is 1.32 bits per heavy atom. The third-order valence-electron chi connectivity index (χ3n) is 2.82. The molecule has 2 rings (SSSR count). The van der Waals surface area contributed by atoms with Gasteiger partial charge >= 0.3 is 0 Å². The topological polar surface area (TPSA) is 60.2 Å². The Hall–Kier alpha value is -1.88. The average molecular weight is 261 g/mol. The minimum atomic E-state index is 0.105. The Labute approximate surface area is 113 Å². The van der Waals surface area contributed by atoms with E-state index >= 15 is 0 Å². The summed E-state index contributed by atoms with van der Waals surface area (Å²) in [6, 6.07) is 10.0. The summed E-state index contributed by atoms with van der Waals surface area (Å²) in [7, 11) is 1.68. The maximum atomic E-state index is 5.19. The van der Waals surface area contributed by atoms with E-state index in [4.69, 9.17) is 9.26 Å². The van der Waals surface area contributed by atoms with Gasteiger partial charge in [-0.2, -0.15) is 4.98 Å². The molecule has 1 aromatic carbocycles. The van der Waals surface area contributed by atoms with E-state index in [9.17, 15) is 0 Å². The number of rotatable bonds is 7. The lowest BCUT2D eigenvalue weighted by molar-refractivity contribution is 0.116. The highest BCUT2D eigenvalue weighted by Gasteiger charge is 2.09. The molecule has 0 saturated carbocycles. The highest BCUT2D eigenvalue weighted by Crippen LogP contribution is 2.06. The van der Waals surface area contributed by atoms with Gasteiger partial charge in [0.1, 0.15) is 0 Å². The van der Waals surface area contributed by atoms with Gasteiger partial charge < -0.3 is 14.6 Å². The molecule has 0 aliphatic carbocycles. The summed E-state index contributed by atoms with van der Waals surface area (Å²) in [6.07, 6.45) is 1.49. The maximum Gasteiger partial charge on any atom is 0.228 e. The molecule has 1 N–H and O–H groups in total. The van der Waals surface area contributed by atoms with Crippen molar-refractivity contribution in [3.63, 3.8) is 0 Å². The molecule has 0 spiro atoms. The second-order valence-electron chi connectivity index (χ2n) is 4.40. The first-order chi connectivity index (χ1) is 9.28. The van der Waals surface area contributed by atoms with E-state index in [0.29, 0.717) is 24.6 Å². The number of aromatic nitrogens is 2. The maximum absolute atomic E-state index is 5.19. The van der Waals surface area contributed by atoms with Crippen LogP contribution < -0.4 is 5.32 Å². The molecule has 19 heavy (non-hydrogen) atoms. The number of nitrogens with zero attached hydrogens (tertiary/aromatic N) is 2. The number of nitrogens with one attached hydrogen (secondary N) is 1. The number of benzene rings is 1. The fraction of sp³-hybridized carbons (Fsp3) is 0.429. The molecule has 5 nitrogen and oxygen atoms in total. The van der Waals surface area contributed by atoms with Crippen LogP contribution in [0, 0.1) is 0 Å². The number of para-hydroxylation sites is 1. The zero-order valence-corrected chi connectivity index (χ0v) is 11.3. The van der Waals surface area contributed by atoms with Gasteiger partial charge in [0.15, 0.2) is 5.82 Å². The van der Waals surface area contributed by atoms with Crippen LogP contribution in [0.2, 0.25) is 0 Å². The molecular formula is C14H19N3O2. The summed E-state index contributed by atoms with van der Waals surface area (Å²) in [5, 5.41) is 7.24. The summed E-state index contributed by atoms with van der Waals surface area (Å²) < 4.78 is 10.4. The van der Waals surface area contributed by atoms with E-state index in [1.807, 2.05) is 37.3 Å². The van der Waals surface area contributed by atoms with Gasteiger partial charge in [0.2, 0.25) is 5.89 Å². The van der Waals surface area contributed by atoms with E-state index in [1.165, 1.54) is 0 Å². The number of hydrogen-bond donors (Lipinski definition) is 1. The molecule has 0 aliphatic heterocycles. The molecule has 1 aromatic heterocycles. The van der Waals surface area contributed by atoms with Crippen molar-refractivity contribution >= 4 is 5.69 Å². The zero-order valence-electron chi connectivity index (χ0n) is 11.3. The lowest BCUT2D eigenvalue weighted by atomic mass is 10.3. The molecule has 0 aliphatic rings.